The Kier molecular flexibility index (Phi) is 6.85. The highest BCUT2D eigenvalue weighted by molar-refractivity contribution is 5.49. The Morgan fingerprint density at radius 2 is 1.89 bits per heavy atom. The average molecular weight is 247 g/mol. The third-order valence-corrected chi connectivity index (χ3v) is 3.68. The van der Waals surface area contributed by atoms with Gasteiger partial charge in [-0.2, -0.15) is 0 Å². The molecule has 1 unspecified atom stereocenters. The van der Waals surface area contributed by atoms with Gasteiger partial charge in [-0.15, -0.1) is 0 Å². The van der Waals surface area contributed by atoms with Gasteiger partial charge >= 0.3 is 0 Å². The molecule has 0 aromatic heterocycles. The summed E-state index contributed by atoms with van der Waals surface area (Å²) in [5, 5.41) is 3.42. The molecule has 102 valence electrons. The molecule has 18 heavy (non-hydrogen) atoms. The van der Waals surface area contributed by atoms with Crippen molar-refractivity contribution < 1.29 is 0 Å². The molecule has 0 amide bonds. The summed E-state index contributed by atoms with van der Waals surface area (Å²) in [6, 6.07) is 6.87. The van der Waals surface area contributed by atoms with Gasteiger partial charge in [0.2, 0.25) is 0 Å². The second-order valence-electron chi connectivity index (χ2n) is 5.19. The highest BCUT2D eigenvalue weighted by atomic mass is 14.8. The predicted octanol–water partition coefficient (Wildman–Crippen LogP) is 5.36. The number of unbranched alkanes of at least 4 members (excludes halogenated alkanes) is 2. The van der Waals surface area contributed by atoms with Gasteiger partial charge in [0, 0.05) is 12.2 Å². The number of benzene rings is 1. The largest absolute Gasteiger partial charge is 0.385 e. The van der Waals surface area contributed by atoms with Gasteiger partial charge in [0.1, 0.15) is 0 Å². The van der Waals surface area contributed by atoms with Crippen molar-refractivity contribution >= 4 is 5.69 Å². The second-order valence-corrected chi connectivity index (χ2v) is 5.19. The molecular weight excluding hydrogens is 218 g/mol. The first-order chi connectivity index (χ1) is 8.72. The Morgan fingerprint density at radius 1 is 1.11 bits per heavy atom. The summed E-state index contributed by atoms with van der Waals surface area (Å²) in [4.78, 5) is 0. The number of nitrogens with one attached hydrogen (secondary N) is 1. The quantitative estimate of drug-likeness (QED) is 0.609. The summed E-state index contributed by atoms with van der Waals surface area (Å²) in [5.41, 5.74) is 4.33. The van der Waals surface area contributed by atoms with E-state index in [1.165, 1.54) is 36.9 Å². The van der Waals surface area contributed by atoms with Gasteiger partial charge in [-0.05, 0) is 48.9 Å². The molecule has 0 aliphatic carbocycles. The number of hydrogen-bond acceptors (Lipinski definition) is 1. The maximum absolute atomic E-state index is 3.42. The number of anilines is 1. The molecule has 0 fully saturated rings. The molecule has 0 spiro atoms. The lowest BCUT2D eigenvalue weighted by Gasteiger charge is -2.17. The highest BCUT2D eigenvalue weighted by Crippen LogP contribution is 2.28. The first-order valence-corrected chi connectivity index (χ1v) is 7.59. The zero-order valence-corrected chi connectivity index (χ0v) is 12.6. The molecular formula is C17H29N. The normalized spacial score (nSPS) is 12.4. The summed E-state index contributed by atoms with van der Waals surface area (Å²) >= 11 is 0. The summed E-state index contributed by atoms with van der Waals surface area (Å²) in [7, 11) is 0. The Morgan fingerprint density at radius 3 is 2.50 bits per heavy atom. The van der Waals surface area contributed by atoms with Crippen molar-refractivity contribution in [3.63, 3.8) is 0 Å². The van der Waals surface area contributed by atoms with Crippen molar-refractivity contribution in [2.24, 2.45) is 0 Å². The van der Waals surface area contributed by atoms with E-state index in [-0.39, 0.29) is 0 Å². The fourth-order valence-corrected chi connectivity index (χ4v) is 2.55. The van der Waals surface area contributed by atoms with Crippen molar-refractivity contribution in [1.82, 2.24) is 0 Å². The molecule has 1 aromatic carbocycles. The van der Waals surface area contributed by atoms with Crippen LogP contribution in [-0.4, -0.2) is 6.54 Å². The maximum atomic E-state index is 3.42. The maximum Gasteiger partial charge on any atom is 0.0343 e. The SMILES string of the molecule is CCCCCC(C)c1cc(NCC)ccc1CC. The van der Waals surface area contributed by atoms with Crippen LogP contribution in [0.1, 0.15) is 70.4 Å². The summed E-state index contributed by atoms with van der Waals surface area (Å²) in [6.07, 6.45) is 6.48. The van der Waals surface area contributed by atoms with Crippen LogP contribution in [0.5, 0.6) is 0 Å². The predicted molar refractivity (Wildman–Crippen MR) is 82.5 cm³/mol. The van der Waals surface area contributed by atoms with Gasteiger partial charge in [0.15, 0.2) is 0 Å². The molecule has 0 aliphatic heterocycles. The van der Waals surface area contributed by atoms with Gasteiger partial charge in [-0.1, -0.05) is 46.1 Å². The van der Waals surface area contributed by atoms with E-state index in [1.807, 2.05) is 0 Å². The summed E-state index contributed by atoms with van der Waals surface area (Å²) in [6.45, 7) is 10.0. The smallest absolute Gasteiger partial charge is 0.0343 e. The van der Waals surface area contributed by atoms with E-state index >= 15 is 0 Å². The third-order valence-electron chi connectivity index (χ3n) is 3.68. The van der Waals surface area contributed by atoms with Crippen molar-refractivity contribution in [2.75, 3.05) is 11.9 Å². The number of rotatable bonds is 8. The van der Waals surface area contributed by atoms with Gasteiger partial charge in [-0.3, -0.25) is 0 Å². The van der Waals surface area contributed by atoms with E-state index in [1.54, 1.807) is 5.56 Å². The van der Waals surface area contributed by atoms with Gasteiger partial charge in [-0.25, -0.2) is 0 Å². The van der Waals surface area contributed by atoms with Crippen LogP contribution in [0.3, 0.4) is 0 Å². The molecule has 1 atom stereocenters. The molecule has 0 saturated heterocycles. The van der Waals surface area contributed by atoms with Crippen LogP contribution in [0.25, 0.3) is 0 Å². The topological polar surface area (TPSA) is 12.0 Å². The molecule has 0 saturated carbocycles. The van der Waals surface area contributed by atoms with Crippen LogP contribution >= 0.6 is 0 Å². The molecule has 0 radical (unpaired) electrons. The van der Waals surface area contributed by atoms with Crippen LogP contribution in [0.2, 0.25) is 0 Å². The fourth-order valence-electron chi connectivity index (χ4n) is 2.55. The fraction of sp³-hybridized carbons (Fsp3) is 0.647. The summed E-state index contributed by atoms with van der Waals surface area (Å²) in [5.74, 6) is 0.685. The van der Waals surface area contributed by atoms with Crippen LogP contribution < -0.4 is 5.32 Å². The molecule has 1 rings (SSSR count). The lowest BCUT2D eigenvalue weighted by molar-refractivity contribution is 0.595. The van der Waals surface area contributed by atoms with E-state index in [4.69, 9.17) is 0 Å². The molecule has 0 heterocycles. The monoisotopic (exact) mass is 247 g/mol. The van der Waals surface area contributed by atoms with Crippen LogP contribution in [0.4, 0.5) is 5.69 Å². The highest BCUT2D eigenvalue weighted by Gasteiger charge is 2.10. The van der Waals surface area contributed by atoms with E-state index < -0.39 is 0 Å². The van der Waals surface area contributed by atoms with Gasteiger partial charge in [0.25, 0.3) is 0 Å². The van der Waals surface area contributed by atoms with Crippen LogP contribution in [0, 0.1) is 0 Å². The van der Waals surface area contributed by atoms with Crippen molar-refractivity contribution in [3.8, 4) is 0 Å². The van der Waals surface area contributed by atoms with E-state index in [0.29, 0.717) is 5.92 Å². The number of aryl methyl sites for hydroxylation is 1. The zero-order valence-electron chi connectivity index (χ0n) is 12.6. The van der Waals surface area contributed by atoms with Crippen LogP contribution in [-0.2, 0) is 6.42 Å². The Labute approximate surface area is 113 Å². The minimum Gasteiger partial charge on any atom is -0.385 e. The van der Waals surface area contributed by atoms with Gasteiger partial charge in [0.05, 0.1) is 0 Å². The van der Waals surface area contributed by atoms with Crippen LogP contribution in [0.15, 0.2) is 18.2 Å². The number of hydrogen-bond donors (Lipinski definition) is 1. The van der Waals surface area contributed by atoms with Crippen molar-refractivity contribution in [1.29, 1.82) is 0 Å². The molecule has 0 bridgehead atoms. The third kappa shape index (κ3) is 4.36. The van der Waals surface area contributed by atoms with Crippen molar-refractivity contribution in [3.05, 3.63) is 29.3 Å². The average Bonchev–Trinajstić information content (AvgIpc) is 2.39. The Hall–Kier alpha value is -0.980. The molecule has 1 nitrogen and oxygen atoms in total. The lowest BCUT2D eigenvalue weighted by atomic mass is 9.90. The first kappa shape index (κ1) is 15.1. The molecule has 0 aliphatic rings. The molecule has 1 aromatic rings. The molecule has 1 N–H and O–H groups in total. The van der Waals surface area contributed by atoms with Gasteiger partial charge < -0.3 is 5.32 Å². The molecule has 1 heteroatoms. The lowest BCUT2D eigenvalue weighted by Crippen LogP contribution is -2.03. The van der Waals surface area contributed by atoms with E-state index in [2.05, 4.69) is 51.2 Å². The Balaban J connectivity index is 2.78. The first-order valence-electron chi connectivity index (χ1n) is 7.59. The summed E-state index contributed by atoms with van der Waals surface area (Å²) < 4.78 is 0. The minimum absolute atomic E-state index is 0.685. The van der Waals surface area contributed by atoms with E-state index in [0.717, 1.165) is 13.0 Å². The standard InChI is InChI=1S/C17H29N/c1-5-8-9-10-14(4)17-13-16(18-7-3)12-11-15(17)6-2/h11-14,18H,5-10H2,1-4H3. The minimum atomic E-state index is 0.685. The Bertz CT molecular complexity index is 343. The zero-order chi connectivity index (χ0) is 13.4. The second kappa shape index (κ2) is 8.18. The van der Waals surface area contributed by atoms with Crippen molar-refractivity contribution in [2.45, 2.75) is 65.7 Å². The van der Waals surface area contributed by atoms with E-state index in [9.17, 15) is 0 Å².